The third-order valence-electron chi connectivity index (χ3n) is 4.48. The molecule has 3 aromatic rings. The van der Waals surface area contributed by atoms with E-state index in [9.17, 15) is 4.79 Å². The fourth-order valence-corrected chi connectivity index (χ4v) is 3.80. The summed E-state index contributed by atoms with van der Waals surface area (Å²) in [6.07, 6.45) is 0. The van der Waals surface area contributed by atoms with Crippen LogP contribution in [0.4, 0.5) is 5.82 Å². The highest BCUT2D eigenvalue weighted by Crippen LogP contribution is 2.26. The monoisotopic (exact) mass is 402 g/mol. The highest BCUT2D eigenvalue weighted by atomic mass is 35.5. The molecule has 8 heteroatoms. The van der Waals surface area contributed by atoms with Crippen molar-refractivity contribution >= 4 is 34.7 Å². The van der Waals surface area contributed by atoms with Crippen LogP contribution < -0.4 is 9.64 Å². The summed E-state index contributed by atoms with van der Waals surface area (Å²) in [5.74, 6) is 1.55. The average molecular weight is 403 g/mol. The van der Waals surface area contributed by atoms with Gasteiger partial charge in [0.05, 0.1) is 10.6 Å². The SMILES string of the molecule is O=C(COc1ccc(Cl)cc1)N1CCN(c2cc(-c3cccs3)[nH]n2)CC1. The van der Waals surface area contributed by atoms with Gasteiger partial charge in [0, 0.05) is 37.3 Å². The van der Waals surface area contributed by atoms with Crippen molar-refractivity contribution in [1.29, 1.82) is 0 Å². The maximum atomic E-state index is 12.4. The number of halogens is 1. The number of hydrogen-bond acceptors (Lipinski definition) is 5. The smallest absolute Gasteiger partial charge is 0.260 e. The molecule has 140 valence electrons. The van der Waals surface area contributed by atoms with Crippen molar-refractivity contribution in [2.75, 3.05) is 37.7 Å². The molecule has 1 aliphatic heterocycles. The molecular formula is C19H19ClN4O2S. The largest absolute Gasteiger partial charge is 0.484 e. The van der Waals surface area contributed by atoms with E-state index in [2.05, 4.69) is 27.2 Å². The number of rotatable bonds is 5. The maximum absolute atomic E-state index is 12.4. The number of carbonyl (C=O) groups is 1. The van der Waals surface area contributed by atoms with E-state index in [1.165, 1.54) is 4.88 Å². The van der Waals surface area contributed by atoms with Crippen LogP contribution in [0.1, 0.15) is 0 Å². The Kier molecular flexibility index (Phi) is 5.31. The minimum Gasteiger partial charge on any atom is -0.484 e. The van der Waals surface area contributed by atoms with E-state index in [1.54, 1.807) is 35.6 Å². The number of anilines is 1. The lowest BCUT2D eigenvalue weighted by Crippen LogP contribution is -2.50. The van der Waals surface area contributed by atoms with Gasteiger partial charge in [0.1, 0.15) is 5.75 Å². The fourth-order valence-electron chi connectivity index (χ4n) is 2.98. The standard InChI is InChI=1S/C19H19ClN4O2S/c20-14-3-5-15(6-4-14)26-13-19(25)24-9-7-23(8-10-24)18-12-16(21-22-18)17-2-1-11-27-17/h1-6,11-12H,7-10,13H2,(H,21,22). The molecule has 0 spiro atoms. The Morgan fingerprint density at radius 1 is 1.19 bits per heavy atom. The van der Waals surface area contributed by atoms with E-state index in [0.717, 1.165) is 24.6 Å². The van der Waals surface area contributed by atoms with Gasteiger partial charge in [-0.25, -0.2) is 0 Å². The molecule has 1 N–H and O–H groups in total. The molecule has 6 nitrogen and oxygen atoms in total. The van der Waals surface area contributed by atoms with Gasteiger partial charge in [0.15, 0.2) is 12.4 Å². The number of ether oxygens (including phenoxy) is 1. The Balaban J connectivity index is 1.28. The lowest BCUT2D eigenvalue weighted by atomic mass is 10.3. The summed E-state index contributed by atoms with van der Waals surface area (Å²) in [5.41, 5.74) is 1.02. The van der Waals surface area contributed by atoms with Crippen LogP contribution in [0.25, 0.3) is 10.6 Å². The molecule has 1 fully saturated rings. The number of nitrogens with zero attached hydrogens (tertiary/aromatic N) is 3. The summed E-state index contributed by atoms with van der Waals surface area (Å²) in [7, 11) is 0. The highest BCUT2D eigenvalue weighted by Gasteiger charge is 2.23. The number of H-pyrrole nitrogens is 1. The van der Waals surface area contributed by atoms with Crippen LogP contribution in [-0.2, 0) is 4.79 Å². The summed E-state index contributed by atoms with van der Waals surface area (Å²) in [5, 5.41) is 10.2. The Bertz CT molecular complexity index is 887. The van der Waals surface area contributed by atoms with Crippen LogP contribution in [-0.4, -0.2) is 53.8 Å². The van der Waals surface area contributed by atoms with Crippen molar-refractivity contribution in [3.8, 4) is 16.3 Å². The quantitative estimate of drug-likeness (QED) is 0.709. The Hall–Kier alpha value is -2.51. The summed E-state index contributed by atoms with van der Waals surface area (Å²) < 4.78 is 5.55. The Morgan fingerprint density at radius 2 is 1.96 bits per heavy atom. The Morgan fingerprint density at radius 3 is 2.67 bits per heavy atom. The first-order chi connectivity index (χ1) is 13.2. The zero-order valence-electron chi connectivity index (χ0n) is 14.6. The van der Waals surface area contributed by atoms with E-state index in [4.69, 9.17) is 16.3 Å². The summed E-state index contributed by atoms with van der Waals surface area (Å²) in [4.78, 5) is 17.6. The summed E-state index contributed by atoms with van der Waals surface area (Å²) in [6.45, 7) is 2.85. The number of aromatic nitrogens is 2. The zero-order valence-corrected chi connectivity index (χ0v) is 16.2. The van der Waals surface area contributed by atoms with E-state index in [-0.39, 0.29) is 12.5 Å². The predicted molar refractivity (Wildman–Crippen MR) is 108 cm³/mol. The molecule has 4 rings (SSSR count). The van der Waals surface area contributed by atoms with E-state index in [0.29, 0.717) is 23.9 Å². The summed E-state index contributed by atoms with van der Waals surface area (Å²) >= 11 is 7.53. The molecular weight excluding hydrogens is 384 g/mol. The first-order valence-electron chi connectivity index (χ1n) is 8.69. The lowest BCUT2D eigenvalue weighted by molar-refractivity contribution is -0.133. The van der Waals surface area contributed by atoms with Crippen LogP contribution in [0.15, 0.2) is 47.8 Å². The topological polar surface area (TPSA) is 61.5 Å². The molecule has 1 saturated heterocycles. The molecule has 0 atom stereocenters. The second-order valence-electron chi connectivity index (χ2n) is 6.23. The molecule has 0 aliphatic carbocycles. The number of thiophene rings is 1. The molecule has 0 saturated carbocycles. The predicted octanol–water partition coefficient (Wildman–Crippen LogP) is 3.52. The minimum atomic E-state index is -0.00842. The van der Waals surface area contributed by atoms with Crippen LogP contribution >= 0.6 is 22.9 Å². The van der Waals surface area contributed by atoms with Gasteiger partial charge >= 0.3 is 0 Å². The van der Waals surface area contributed by atoms with Crippen LogP contribution in [0, 0.1) is 0 Å². The summed E-state index contributed by atoms with van der Waals surface area (Å²) in [6, 6.07) is 13.2. The van der Waals surface area contributed by atoms with E-state index >= 15 is 0 Å². The number of hydrogen-bond donors (Lipinski definition) is 1. The van der Waals surface area contributed by atoms with Crippen LogP contribution in [0.3, 0.4) is 0 Å². The molecule has 0 bridgehead atoms. The maximum Gasteiger partial charge on any atom is 0.260 e. The van der Waals surface area contributed by atoms with Crippen molar-refractivity contribution in [3.63, 3.8) is 0 Å². The number of nitrogens with one attached hydrogen (secondary N) is 1. The molecule has 1 amide bonds. The molecule has 0 radical (unpaired) electrons. The van der Waals surface area contributed by atoms with Crippen molar-refractivity contribution in [1.82, 2.24) is 15.1 Å². The van der Waals surface area contributed by atoms with E-state index in [1.807, 2.05) is 16.3 Å². The number of piperazine rings is 1. The molecule has 0 unspecified atom stereocenters. The van der Waals surface area contributed by atoms with E-state index < -0.39 is 0 Å². The average Bonchev–Trinajstić information content (AvgIpc) is 3.39. The number of benzene rings is 1. The third kappa shape index (κ3) is 4.26. The number of carbonyl (C=O) groups excluding carboxylic acids is 1. The first-order valence-corrected chi connectivity index (χ1v) is 9.95. The van der Waals surface area contributed by atoms with Gasteiger partial charge in [0.25, 0.3) is 5.91 Å². The molecule has 1 aromatic carbocycles. The molecule has 2 aromatic heterocycles. The second-order valence-corrected chi connectivity index (χ2v) is 7.61. The van der Waals surface area contributed by atoms with Crippen LogP contribution in [0.5, 0.6) is 5.75 Å². The molecule has 3 heterocycles. The van der Waals surface area contributed by atoms with Crippen molar-refractivity contribution in [3.05, 3.63) is 52.9 Å². The normalized spacial score (nSPS) is 14.4. The third-order valence-corrected chi connectivity index (χ3v) is 5.64. The second kappa shape index (κ2) is 8.02. The van der Waals surface area contributed by atoms with Gasteiger partial charge in [-0.3, -0.25) is 9.89 Å². The van der Waals surface area contributed by atoms with Crippen molar-refractivity contribution in [2.45, 2.75) is 0 Å². The number of aromatic amines is 1. The van der Waals surface area contributed by atoms with Gasteiger partial charge in [-0.2, -0.15) is 5.10 Å². The Labute approximate surface area is 166 Å². The zero-order chi connectivity index (χ0) is 18.6. The lowest BCUT2D eigenvalue weighted by Gasteiger charge is -2.34. The van der Waals surface area contributed by atoms with Crippen molar-refractivity contribution < 1.29 is 9.53 Å². The van der Waals surface area contributed by atoms with Gasteiger partial charge in [-0.1, -0.05) is 17.7 Å². The van der Waals surface area contributed by atoms with Crippen LogP contribution in [0.2, 0.25) is 5.02 Å². The molecule has 1 aliphatic rings. The van der Waals surface area contributed by atoms with Gasteiger partial charge in [0.2, 0.25) is 0 Å². The highest BCUT2D eigenvalue weighted by molar-refractivity contribution is 7.13. The minimum absolute atomic E-state index is 0.00842. The van der Waals surface area contributed by atoms with Gasteiger partial charge < -0.3 is 14.5 Å². The molecule has 27 heavy (non-hydrogen) atoms. The number of amides is 1. The van der Waals surface area contributed by atoms with Crippen molar-refractivity contribution in [2.24, 2.45) is 0 Å². The first kappa shape index (κ1) is 17.9. The van der Waals surface area contributed by atoms with Gasteiger partial charge in [-0.15, -0.1) is 11.3 Å². The fraction of sp³-hybridized carbons (Fsp3) is 0.263. The van der Waals surface area contributed by atoms with Gasteiger partial charge in [-0.05, 0) is 35.7 Å².